The molecule has 1 aliphatic heterocycles. The van der Waals surface area contributed by atoms with Crippen LogP contribution in [-0.4, -0.2) is 49.4 Å². The maximum atomic E-state index is 12.9. The number of hydrogen-bond acceptors (Lipinski definition) is 5. The Kier molecular flexibility index (Phi) is 4.74. The quantitative estimate of drug-likeness (QED) is 0.834. The molecule has 6 nitrogen and oxygen atoms in total. The molecule has 0 bridgehead atoms. The molecule has 1 aromatic heterocycles. The molecule has 0 aliphatic carbocycles. The van der Waals surface area contributed by atoms with E-state index in [9.17, 15) is 22.8 Å². The van der Waals surface area contributed by atoms with Crippen LogP contribution in [-0.2, 0) is 9.53 Å². The Morgan fingerprint density at radius 1 is 1.50 bits per heavy atom. The standard InChI is InChI=1S/C13H14F3NO5/c1-8-12(9(18)2-4-21-8)22-7-11(19)17-3-5-20-6-10(17)13(14,15)16/h2,4,10H,3,5-7H2,1H3. The minimum atomic E-state index is -4.59. The van der Waals surface area contributed by atoms with Gasteiger partial charge in [-0.05, 0) is 6.92 Å². The molecule has 1 aromatic rings. The zero-order valence-electron chi connectivity index (χ0n) is 11.7. The van der Waals surface area contributed by atoms with E-state index in [2.05, 4.69) is 0 Å². The van der Waals surface area contributed by atoms with Crippen molar-refractivity contribution in [3.05, 3.63) is 28.3 Å². The monoisotopic (exact) mass is 321 g/mol. The Morgan fingerprint density at radius 3 is 2.86 bits per heavy atom. The zero-order chi connectivity index (χ0) is 16.3. The summed E-state index contributed by atoms with van der Waals surface area (Å²) in [4.78, 5) is 24.2. The number of alkyl halides is 3. The van der Waals surface area contributed by atoms with E-state index in [0.717, 1.165) is 12.3 Å². The summed E-state index contributed by atoms with van der Waals surface area (Å²) in [6.07, 6.45) is -3.42. The topological polar surface area (TPSA) is 69.0 Å². The second kappa shape index (κ2) is 6.39. The second-order valence-corrected chi connectivity index (χ2v) is 4.68. The molecule has 22 heavy (non-hydrogen) atoms. The van der Waals surface area contributed by atoms with Crippen LogP contribution in [0.15, 0.2) is 21.5 Å². The van der Waals surface area contributed by atoms with E-state index in [1.54, 1.807) is 0 Å². The summed E-state index contributed by atoms with van der Waals surface area (Å²) in [7, 11) is 0. The molecule has 0 aromatic carbocycles. The van der Waals surface area contributed by atoms with Gasteiger partial charge < -0.3 is 18.8 Å². The Morgan fingerprint density at radius 2 is 2.23 bits per heavy atom. The summed E-state index contributed by atoms with van der Waals surface area (Å²) in [5.74, 6) is -0.907. The summed E-state index contributed by atoms with van der Waals surface area (Å²) in [6.45, 7) is -0.00201. The summed E-state index contributed by atoms with van der Waals surface area (Å²) < 4.78 is 53.3. The highest BCUT2D eigenvalue weighted by Gasteiger charge is 2.47. The summed E-state index contributed by atoms with van der Waals surface area (Å²) in [6, 6.07) is -0.911. The third-order valence-electron chi connectivity index (χ3n) is 3.17. The number of halogens is 3. The van der Waals surface area contributed by atoms with E-state index < -0.39 is 36.8 Å². The average molecular weight is 321 g/mol. The van der Waals surface area contributed by atoms with Gasteiger partial charge in [-0.15, -0.1) is 0 Å². The first kappa shape index (κ1) is 16.3. The Bertz CT molecular complexity index is 598. The van der Waals surface area contributed by atoms with Crippen LogP contribution in [0.3, 0.4) is 0 Å². The van der Waals surface area contributed by atoms with Crippen LogP contribution in [0.4, 0.5) is 13.2 Å². The van der Waals surface area contributed by atoms with Gasteiger partial charge in [0.2, 0.25) is 11.2 Å². The number of morpholine rings is 1. The third kappa shape index (κ3) is 3.59. The van der Waals surface area contributed by atoms with Gasteiger partial charge in [-0.25, -0.2) is 0 Å². The fraction of sp³-hybridized carbons (Fsp3) is 0.538. The van der Waals surface area contributed by atoms with Crippen LogP contribution in [0.2, 0.25) is 0 Å². The molecule has 1 unspecified atom stereocenters. The van der Waals surface area contributed by atoms with Gasteiger partial charge in [0.25, 0.3) is 5.91 Å². The maximum Gasteiger partial charge on any atom is 0.411 e. The van der Waals surface area contributed by atoms with Gasteiger partial charge >= 0.3 is 6.18 Å². The van der Waals surface area contributed by atoms with Crippen LogP contribution >= 0.6 is 0 Å². The lowest BCUT2D eigenvalue weighted by atomic mass is 10.2. The predicted octanol–water partition coefficient (Wildman–Crippen LogP) is 1.12. The molecule has 1 aliphatic rings. The molecule has 1 amide bonds. The third-order valence-corrected chi connectivity index (χ3v) is 3.17. The van der Waals surface area contributed by atoms with Crippen LogP contribution in [0.5, 0.6) is 5.75 Å². The SMILES string of the molecule is Cc1occc(=O)c1OCC(=O)N1CCOCC1C(F)(F)F. The van der Waals surface area contributed by atoms with Crippen molar-refractivity contribution in [1.82, 2.24) is 4.90 Å². The van der Waals surface area contributed by atoms with Crippen molar-refractivity contribution in [1.29, 1.82) is 0 Å². The minimum absolute atomic E-state index is 0.0187. The molecule has 2 heterocycles. The maximum absolute atomic E-state index is 12.9. The van der Waals surface area contributed by atoms with E-state index in [1.165, 1.54) is 6.92 Å². The van der Waals surface area contributed by atoms with Gasteiger partial charge in [-0.1, -0.05) is 0 Å². The highest BCUT2D eigenvalue weighted by atomic mass is 19.4. The van der Waals surface area contributed by atoms with Gasteiger partial charge in [-0.3, -0.25) is 9.59 Å². The summed E-state index contributed by atoms with van der Waals surface area (Å²) >= 11 is 0. The molecule has 0 spiro atoms. The Labute approximate surface area is 123 Å². The van der Waals surface area contributed by atoms with Crippen molar-refractivity contribution in [3.63, 3.8) is 0 Å². The van der Waals surface area contributed by atoms with E-state index in [-0.39, 0.29) is 24.7 Å². The number of amides is 1. The largest absolute Gasteiger partial charge is 0.476 e. The lowest BCUT2D eigenvalue weighted by Crippen LogP contribution is -2.56. The first-order chi connectivity index (χ1) is 10.3. The molecule has 0 radical (unpaired) electrons. The van der Waals surface area contributed by atoms with Crippen molar-refractivity contribution in [2.75, 3.05) is 26.4 Å². The fourth-order valence-electron chi connectivity index (χ4n) is 2.06. The normalized spacial score (nSPS) is 19.1. The van der Waals surface area contributed by atoms with Crippen molar-refractivity contribution in [2.45, 2.75) is 19.1 Å². The summed E-state index contributed by atoms with van der Waals surface area (Å²) in [5, 5.41) is 0. The lowest BCUT2D eigenvalue weighted by Gasteiger charge is -2.36. The smallest absolute Gasteiger partial charge is 0.411 e. The van der Waals surface area contributed by atoms with E-state index in [4.69, 9.17) is 13.9 Å². The molecule has 1 fully saturated rings. The minimum Gasteiger partial charge on any atom is -0.476 e. The zero-order valence-corrected chi connectivity index (χ0v) is 11.7. The van der Waals surface area contributed by atoms with Crippen LogP contribution in [0.25, 0.3) is 0 Å². The number of carbonyl (C=O) groups excluding carboxylic acids is 1. The molecule has 1 saturated heterocycles. The Balaban J connectivity index is 2.06. The van der Waals surface area contributed by atoms with Crippen molar-refractivity contribution >= 4 is 5.91 Å². The van der Waals surface area contributed by atoms with Crippen molar-refractivity contribution in [2.24, 2.45) is 0 Å². The van der Waals surface area contributed by atoms with Gasteiger partial charge in [0, 0.05) is 12.6 Å². The van der Waals surface area contributed by atoms with E-state index in [1.807, 2.05) is 0 Å². The second-order valence-electron chi connectivity index (χ2n) is 4.68. The molecular weight excluding hydrogens is 307 g/mol. The number of nitrogens with zero attached hydrogens (tertiary/aromatic N) is 1. The number of rotatable bonds is 3. The molecule has 1 atom stereocenters. The van der Waals surface area contributed by atoms with Gasteiger partial charge in [0.05, 0.1) is 19.5 Å². The molecular formula is C13H14F3NO5. The van der Waals surface area contributed by atoms with Gasteiger partial charge in [0.15, 0.2) is 12.6 Å². The van der Waals surface area contributed by atoms with Crippen LogP contribution < -0.4 is 10.2 Å². The van der Waals surface area contributed by atoms with E-state index >= 15 is 0 Å². The highest BCUT2D eigenvalue weighted by Crippen LogP contribution is 2.27. The lowest BCUT2D eigenvalue weighted by molar-refractivity contribution is -0.214. The predicted molar refractivity (Wildman–Crippen MR) is 67.6 cm³/mol. The highest BCUT2D eigenvalue weighted by molar-refractivity contribution is 5.78. The Hall–Kier alpha value is -2.03. The molecule has 0 saturated carbocycles. The molecule has 122 valence electrons. The molecule has 9 heteroatoms. The number of aryl methyl sites for hydroxylation is 1. The van der Waals surface area contributed by atoms with Crippen LogP contribution in [0, 0.1) is 6.92 Å². The first-order valence-electron chi connectivity index (χ1n) is 6.46. The fourth-order valence-corrected chi connectivity index (χ4v) is 2.06. The molecule has 0 N–H and O–H groups in total. The average Bonchev–Trinajstić information content (AvgIpc) is 2.45. The van der Waals surface area contributed by atoms with Gasteiger partial charge in [-0.2, -0.15) is 13.2 Å². The van der Waals surface area contributed by atoms with Crippen molar-refractivity contribution < 1.29 is 31.9 Å². The number of ether oxygens (including phenoxy) is 2. The summed E-state index contributed by atoms with van der Waals surface area (Å²) in [5.41, 5.74) is -0.508. The van der Waals surface area contributed by atoms with Crippen molar-refractivity contribution in [3.8, 4) is 5.75 Å². The molecule has 2 rings (SSSR count). The number of carbonyl (C=O) groups is 1. The van der Waals surface area contributed by atoms with Gasteiger partial charge in [0.1, 0.15) is 5.76 Å². The van der Waals surface area contributed by atoms with Crippen LogP contribution in [0.1, 0.15) is 5.76 Å². The first-order valence-corrected chi connectivity index (χ1v) is 6.46. The number of hydrogen-bond donors (Lipinski definition) is 0. The van der Waals surface area contributed by atoms with E-state index in [0.29, 0.717) is 4.90 Å².